The van der Waals surface area contributed by atoms with E-state index >= 15 is 0 Å². The molecule has 1 aliphatic heterocycles. The highest BCUT2D eigenvalue weighted by Gasteiger charge is 2.26. The SMILES string of the molecule is C[C@@H]1CN(C(=O)Cn2cc(N[C@@H](C)c3ccccc3)cn2)C[C@H](C)O1. The molecule has 1 aromatic heterocycles. The number of hydrogen-bond donors (Lipinski definition) is 1. The van der Waals surface area contributed by atoms with Crippen LogP contribution < -0.4 is 5.32 Å². The van der Waals surface area contributed by atoms with Crippen LogP contribution in [-0.4, -0.2) is 45.9 Å². The molecule has 0 spiro atoms. The summed E-state index contributed by atoms with van der Waals surface area (Å²) in [4.78, 5) is 14.4. The zero-order chi connectivity index (χ0) is 17.8. The summed E-state index contributed by atoms with van der Waals surface area (Å²) in [7, 11) is 0. The monoisotopic (exact) mass is 342 g/mol. The number of carbonyl (C=O) groups excluding carboxylic acids is 1. The van der Waals surface area contributed by atoms with Crippen molar-refractivity contribution < 1.29 is 9.53 Å². The predicted molar refractivity (Wildman–Crippen MR) is 97.3 cm³/mol. The van der Waals surface area contributed by atoms with Gasteiger partial charge in [-0.05, 0) is 26.3 Å². The summed E-state index contributed by atoms with van der Waals surface area (Å²) in [5.74, 6) is 0.0766. The van der Waals surface area contributed by atoms with E-state index in [0.717, 1.165) is 5.69 Å². The number of rotatable bonds is 5. The van der Waals surface area contributed by atoms with E-state index in [1.165, 1.54) is 5.56 Å². The summed E-state index contributed by atoms with van der Waals surface area (Å²) >= 11 is 0. The number of nitrogens with one attached hydrogen (secondary N) is 1. The third-order valence-corrected chi connectivity index (χ3v) is 4.39. The third-order valence-electron chi connectivity index (χ3n) is 4.39. The zero-order valence-electron chi connectivity index (χ0n) is 15.1. The van der Waals surface area contributed by atoms with E-state index in [9.17, 15) is 4.79 Å². The zero-order valence-corrected chi connectivity index (χ0v) is 15.1. The fraction of sp³-hybridized carbons (Fsp3) is 0.474. The smallest absolute Gasteiger partial charge is 0.244 e. The number of aromatic nitrogens is 2. The van der Waals surface area contributed by atoms with Gasteiger partial charge in [-0.3, -0.25) is 9.48 Å². The first kappa shape index (κ1) is 17.5. The lowest BCUT2D eigenvalue weighted by Crippen LogP contribution is -2.49. The van der Waals surface area contributed by atoms with Crippen LogP contribution in [0.1, 0.15) is 32.4 Å². The Kier molecular flexibility index (Phi) is 5.38. The standard InChI is InChI=1S/C19H26N4O2/c1-14-10-22(11-15(2)25-14)19(24)13-23-12-18(9-20-23)21-16(3)17-7-5-4-6-8-17/h4-9,12,14-16,21H,10-11,13H2,1-3H3/t14-,15+,16-/m0/s1. The number of ether oxygens (including phenoxy) is 1. The number of carbonyl (C=O) groups is 1. The van der Waals surface area contributed by atoms with Gasteiger partial charge in [-0.15, -0.1) is 0 Å². The lowest BCUT2D eigenvalue weighted by Gasteiger charge is -2.35. The molecule has 6 nitrogen and oxygen atoms in total. The highest BCUT2D eigenvalue weighted by Crippen LogP contribution is 2.18. The van der Waals surface area contributed by atoms with Crippen LogP contribution in [0.25, 0.3) is 0 Å². The quantitative estimate of drug-likeness (QED) is 0.908. The van der Waals surface area contributed by atoms with Gasteiger partial charge in [0.15, 0.2) is 0 Å². The normalized spacial score (nSPS) is 21.8. The molecule has 1 aromatic carbocycles. The minimum atomic E-state index is 0.0766. The molecule has 134 valence electrons. The summed E-state index contributed by atoms with van der Waals surface area (Å²) in [5.41, 5.74) is 2.12. The molecule has 0 saturated carbocycles. The second kappa shape index (κ2) is 7.70. The molecule has 0 radical (unpaired) electrons. The summed E-state index contributed by atoms with van der Waals surface area (Å²) in [5, 5.41) is 7.73. The van der Waals surface area contributed by atoms with Gasteiger partial charge in [-0.1, -0.05) is 30.3 Å². The Bertz CT molecular complexity index is 690. The molecule has 1 saturated heterocycles. The van der Waals surface area contributed by atoms with Crippen LogP contribution in [0.4, 0.5) is 5.69 Å². The Labute approximate surface area is 148 Å². The minimum Gasteiger partial charge on any atom is -0.376 e. The third kappa shape index (κ3) is 4.60. The highest BCUT2D eigenvalue weighted by atomic mass is 16.5. The van der Waals surface area contributed by atoms with Crippen molar-refractivity contribution in [2.45, 2.75) is 45.6 Å². The van der Waals surface area contributed by atoms with Crippen molar-refractivity contribution in [3.05, 3.63) is 48.3 Å². The number of nitrogens with zero attached hydrogens (tertiary/aromatic N) is 3. The van der Waals surface area contributed by atoms with Gasteiger partial charge >= 0.3 is 0 Å². The second-order valence-corrected chi connectivity index (χ2v) is 6.76. The van der Waals surface area contributed by atoms with Crippen LogP contribution in [0.2, 0.25) is 0 Å². The van der Waals surface area contributed by atoms with Crippen molar-refractivity contribution in [2.75, 3.05) is 18.4 Å². The van der Waals surface area contributed by atoms with Crippen LogP contribution in [0.3, 0.4) is 0 Å². The Morgan fingerprint density at radius 3 is 2.64 bits per heavy atom. The van der Waals surface area contributed by atoms with Gasteiger partial charge in [-0.25, -0.2) is 0 Å². The highest BCUT2D eigenvalue weighted by molar-refractivity contribution is 5.76. The molecule has 1 aliphatic rings. The number of benzene rings is 1. The maximum Gasteiger partial charge on any atom is 0.244 e. The van der Waals surface area contributed by atoms with Gasteiger partial charge in [0.1, 0.15) is 6.54 Å². The average Bonchev–Trinajstić information content (AvgIpc) is 3.01. The van der Waals surface area contributed by atoms with Crippen molar-refractivity contribution in [3.8, 4) is 0 Å². The molecule has 2 heterocycles. The number of morpholine rings is 1. The topological polar surface area (TPSA) is 59.4 Å². The molecule has 1 N–H and O–H groups in total. The van der Waals surface area contributed by atoms with Gasteiger partial charge in [-0.2, -0.15) is 5.10 Å². The van der Waals surface area contributed by atoms with Gasteiger partial charge in [0.25, 0.3) is 0 Å². The molecule has 3 rings (SSSR count). The van der Waals surface area contributed by atoms with Crippen molar-refractivity contribution in [1.29, 1.82) is 0 Å². The molecule has 25 heavy (non-hydrogen) atoms. The van der Waals surface area contributed by atoms with Crippen molar-refractivity contribution >= 4 is 11.6 Å². The van der Waals surface area contributed by atoms with Gasteiger partial charge < -0.3 is 15.0 Å². The van der Waals surface area contributed by atoms with E-state index in [1.54, 1.807) is 10.9 Å². The summed E-state index contributed by atoms with van der Waals surface area (Å²) in [6, 6.07) is 10.4. The maximum absolute atomic E-state index is 12.5. The summed E-state index contributed by atoms with van der Waals surface area (Å²) < 4.78 is 7.37. The van der Waals surface area contributed by atoms with E-state index in [4.69, 9.17) is 4.74 Å². The first-order chi connectivity index (χ1) is 12.0. The molecule has 0 bridgehead atoms. The lowest BCUT2D eigenvalue weighted by atomic mass is 10.1. The Hall–Kier alpha value is -2.34. The van der Waals surface area contributed by atoms with E-state index in [-0.39, 0.29) is 30.7 Å². The number of hydrogen-bond acceptors (Lipinski definition) is 4. The molecule has 1 amide bonds. The van der Waals surface area contributed by atoms with Crippen LogP contribution in [0, 0.1) is 0 Å². The van der Waals surface area contributed by atoms with E-state index in [1.807, 2.05) is 43.1 Å². The Morgan fingerprint density at radius 2 is 1.96 bits per heavy atom. The van der Waals surface area contributed by atoms with Crippen molar-refractivity contribution in [1.82, 2.24) is 14.7 Å². The molecule has 6 heteroatoms. The molecular formula is C19H26N4O2. The Morgan fingerprint density at radius 1 is 1.28 bits per heavy atom. The second-order valence-electron chi connectivity index (χ2n) is 6.76. The maximum atomic E-state index is 12.5. The van der Waals surface area contributed by atoms with E-state index < -0.39 is 0 Å². The van der Waals surface area contributed by atoms with Crippen molar-refractivity contribution in [2.24, 2.45) is 0 Å². The van der Waals surface area contributed by atoms with Crippen LogP contribution in [0.15, 0.2) is 42.7 Å². The fourth-order valence-electron chi connectivity index (χ4n) is 3.22. The number of amides is 1. The Balaban J connectivity index is 1.57. The van der Waals surface area contributed by atoms with Gasteiger partial charge in [0, 0.05) is 25.3 Å². The molecule has 2 aromatic rings. The molecule has 0 unspecified atom stereocenters. The minimum absolute atomic E-state index is 0.0766. The molecule has 3 atom stereocenters. The molecule has 0 aliphatic carbocycles. The summed E-state index contributed by atoms with van der Waals surface area (Å²) in [6.45, 7) is 7.63. The molecular weight excluding hydrogens is 316 g/mol. The first-order valence-electron chi connectivity index (χ1n) is 8.78. The lowest BCUT2D eigenvalue weighted by molar-refractivity contribution is -0.144. The number of anilines is 1. The van der Waals surface area contributed by atoms with Crippen LogP contribution in [-0.2, 0) is 16.1 Å². The average molecular weight is 342 g/mol. The summed E-state index contributed by atoms with van der Waals surface area (Å²) in [6.07, 6.45) is 3.80. The van der Waals surface area contributed by atoms with Crippen molar-refractivity contribution in [3.63, 3.8) is 0 Å². The fourth-order valence-corrected chi connectivity index (χ4v) is 3.22. The largest absolute Gasteiger partial charge is 0.376 e. The van der Waals surface area contributed by atoms with Gasteiger partial charge in [0.05, 0.1) is 24.1 Å². The van der Waals surface area contributed by atoms with Crippen LogP contribution in [0.5, 0.6) is 0 Å². The predicted octanol–water partition coefficient (Wildman–Crippen LogP) is 2.69. The van der Waals surface area contributed by atoms with Gasteiger partial charge in [0.2, 0.25) is 5.91 Å². The molecule has 1 fully saturated rings. The van der Waals surface area contributed by atoms with Crippen LogP contribution >= 0.6 is 0 Å². The van der Waals surface area contributed by atoms with E-state index in [0.29, 0.717) is 13.1 Å². The van der Waals surface area contributed by atoms with E-state index in [2.05, 4.69) is 29.5 Å². The first-order valence-corrected chi connectivity index (χ1v) is 8.78.